The largest absolute Gasteiger partial charge is 0.394 e. The van der Waals surface area contributed by atoms with Crippen LogP contribution in [-0.4, -0.2) is 17.8 Å². The molecule has 0 radical (unpaired) electrons. The number of aliphatic hydroxyl groups excluding tert-OH is 1. The van der Waals surface area contributed by atoms with Crippen molar-refractivity contribution >= 4 is 0 Å². The lowest BCUT2D eigenvalue weighted by molar-refractivity contribution is 0.242. The van der Waals surface area contributed by atoms with Gasteiger partial charge < -0.3 is 9.84 Å². The van der Waals surface area contributed by atoms with Crippen molar-refractivity contribution in [2.24, 2.45) is 0 Å². The van der Waals surface area contributed by atoms with Crippen LogP contribution in [0.3, 0.4) is 0 Å². The summed E-state index contributed by atoms with van der Waals surface area (Å²) >= 11 is 0. The second-order valence-corrected chi connectivity index (χ2v) is 2.80. The van der Waals surface area contributed by atoms with E-state index in [0.29, 0.717) is 5.56 Å². The number of aliphatic hydroxyl groups is 1. The molecule has 0 saturated carbocycles. The molecule has 0 spiro atoms. The molecule has 1 fully saturated rings. The molecule has 1 N–H and O–H groups in total. The molecular weight excluding hydrogens is 159 g/mol. The molecule has 1 heterocycles. The summed E-state index contributed by atoms with van der Waals surface area (Å²) in [5.74, 6) is -0.265. The third kappa shape index (κ3) is 1.21. The van der Waals surface area contributed by atoms with Crippen molar-refractivity contribution < 1.29 is 14.2 Å². The van der Waals surface area contributed by atoms with Crippen LogP contribution in [0.4, 0.5) is 4.39 Å². The average Bonchev–Trinajstić information content (AvgIpc) is 2.84. The van der Waals surface area contributed by atoms with Crippen molar-refractivity contribution in [3.05, 3.63) is 35.6 Å². The zero-order valence-corrected chi connectivity index (χ0v) is 6.40. The monoisotopic (exact) mass is 168 g/mol. The lowest BCUT2D eigenvalue weighted by atomic mass is 10.1. The number of hydrogen-bond acceptors (Lipinski definition) is 2. The van der Waals surface area contributed by atoms with Gasteiger partial charge in [-0.3, -0.25) is 0 Å². The number of benzene rings is 1. The van der Waals surface area contributed by atoms with E-state index in [1.807, 2.05) is 0 Å². The van der Waals surface area contributed by atoms with Gasteiger partial charge in [-0.1, -0.05) is 18.2 Å². The summed E-state index contributed by atoms with van der Waals surface area (Å²) in [6.07, 6.45) is -0.446. The first-order valence-electron chi connectivity index (χ1n) is 3.83. The van der Waals surface area contributed by atoms with E-state index < -0.39 is 0 Å². The Kier molecular flexibility index (Phi) is 1.83. The third-order valence-electron chi connectivity index (χ3n) is 1.97. The number of epoxide rings is 1. The van der Waals surface area contributed by atoms with Gasteiger partial charge in [0.1, 0.15) is 18.0 Å². The highest BCUT2D eigenvalue weighted by molar-refractivity contribution is 5.24. The zero-order valence-electron chi connectivity index (χ0n) is 6.40. The summed E-state index contributed by atoms with van der Waals surface area (Å²) in [7, 11) is 0. The Morgan fingerprint density at radius 3 is 2.75 bits per heavy atom. The quantitative estimate of drug-likeness (QED) is 0.674. The molecule has 1 aromatic carbocycles. The molecule has 2 nitrogen and oxygen atoms in total. The minimum atomic E-state index is -0.265. The number of hydrogen-bond donors (Lipinski definition) is 1. The van der Waals surface area contributed by atoms with E-state index in [4.69, 9.17) is 9.84 Å². The second kappa shape index (κ2) is 2.84. The SMILES string of the molecule is OC[C@@H]1O[C@H]1c1ccccc1F. The first kappa shape index (κ1) is 7.71. The van der Waals surface area contributed by atoms with Crippen LogP contribution in [0.2, 0.25) is 0 Å². The lowest BCUT2D eigenvalue weighted by Gasteiger charge is -1.96. The maximum Gasteiger partial charge on any atom is 0.129 e. The fourth-order valence-electron chi connectivity index (χ4n) is 1.26. The average molecular weight is 168 g/mol. The van der Waals surface area contributed by atoms with Gasteiger partial charge in [0.25, 0.3) is 0 Å². The predicted molar refractivity (Wildman–Crippen MR) is 41.1 cm³/mol. The Labute approximate surface area is 69.6 Å². The molecule has 1 aliphatic rings. The molecule has 1 aliphatic heterocycles. The Morgan fingerprint density at radius 2 is 2.17 bits per heavy atom. The molecule has 2 rings (SSSR count). The van der Waals surface area contributed by atoms with Crippen LogP contribution in [-0.2, 0) is 4.74 Å². The van der Waals surface area contributed by atoms with E-state index in [9.17, 15) is 4.39 Å². The van der Waals surface area contributed by atoms with Gasteiger partial charge in [-0.15, -0.1) is 0 Å². The van der Waals surface area contributed by atoms with Crippen LogP contribution in [0.5, 0.6) is 0 Å². The molecule has 0 bridgehead atoms. The number of halogens is 1. The maximum atomic E-state index is 13.0. The zero-order chi connectivity index (χ0) is 8.55. The van der Waals surface area contributed by atoms with Crippen molar-refractivity contribution in [3.8, 4) is 0 Å². The fourth-order valence-corrected chi connectivity index (χ4v) is 1.26. The predicted octanol–water partition coefficient (Wildman–Crippen LogP) is 1.26. The molecule has 64 valence electrons. The van der Waals surface area contributed by atoms with E-state index in [1.54, 1.807) is 18.2 Å². The minimum absolute atomic E-state index is 0.0427. The molecule has 0 amide bonds. The maximum absolute atomic E-state index is 13.0. The van der Waals surface area contributed by atoms with E-state index in [-0.39, 0.29) is 24.6 Å². The second-order valence-electron chi connectivity index (χ2n) is 2.80. The smallest absolute Gasteiger partial charge is 0.129 e. The third-order valence-corrected chi connectivity index (χ3v) is 1.97. The summed E-state index contributed by atoms with van der Waals surface area (Å²) in [6.45, 7) is -0.0427. The molecule has 12 heavy (non-hydrogen) atoms. The molecule has 0 aliphatic carbocycles. The number of ether oxygens (including phenoxy) is 1. The fraction of sp³-hybridized carbons (Fsp3) is 0.333. The Bertz CT molecular complexity index is 288. The van der Waals surface area contributed by atoms with Crippen molar-refractivity contribution in [2.75, 3.05) is 6.61 Å². The van der Waals surface area contributed by atoms with Gasteiger partial charge in [0, 0.05) is 5.56 Å². The van der Waals surface area contributed by atoms with Crippen molar-refractivity contribution in [1.82, 2.24) is 0 Å². The molecule has 3 heteroatoms. The standard InChI is InChI=1S/C9H9FO2/c10-7-4-2-1-3-6(7)9-8(5-11)12-9/h1-4,8-9,11H,5H2/t8-,9-/m0/s1. The van der Waals surface area contributed by atoms with Crippen molar-refractivity contribution in [1.29, 1.82) is 0 Å². The summed E-state index contributed by atoms with van der Waals surface area (Å²) < 4.78 is 18.1. The van der Waals surface area contributed by atoms with Crippen molar-refractivity contribution in [3.63, 3.8) is 0 Å². The molecule has 0 aromatic heterocycles. The van der Waals surface area contributed by atoms with Gasteiger partial charge in [-0.05, 0) is 6.07 Å². The summed E-state index contributed by atoms with van der Waals surface area (Å²) in [4.78, 5) is 0. The van der Waals surface area contributed by atoms with Gasteiger partial charge in [0.05, 0.1) is 6.61 Å². The molecule has 0 unspecified atom stereocenters. The van der Waals surface area contributed by atoms with E-state index in [2.05, 4.69) is 0 Å². The normalized spacial score (nSPS) is 27.2. The first-order valence-corrected chi connectivity index (χ1v) is 3.83. The summed E-state index contributed by atoms with van der Waals surface area (Å²) in [6, 6.07) is 6.46. The molecule has 1 saturated heterocycles. The Balaban J connectivity index is 2.19. The topological polar surface area (TPSA) is 32.8 Å². The van der Waals surface area contributed by atoms with Crippen LogP contribution in [0.15, 0.2) is 24.3 Å². The summed E-state index contributed by atoms with van der Waals surface area (Å²) in [5.41, 5.74) is 0.538. The Morgan fingerprint density at radius 1 is 1.42 bits per heavy atom. The van der Waals surface area contributed by atoms with E-state index in [0.717, 1.165) is 0 Å². The van der Waals surface area contributed by atoms with Crippen LogP contribution >= 0.6 is 0 Å². The first-order chi connectivity index (χ1) is 5.83. The summed E-state index contributed by atoms with van der Waals surface area (Å²) in [5, 5.41) is 8.68. The van der Waals surface area contributed by atoms with Crippen LogP contribution in [0.1, 0.15) is 11.7 Å². The highest BCUT2D eigenvalue weighted by atomic mass is 19.1. The lowest BCUT2D eigenvalue weighted by Crippen LogP contribution is -1.96. The molecule has 2 atom stereocenters. The van der Waals surface area contributed by atoms with E-state index in [1.165, 1.54) is 6.07 Å². The van der Waals surface area contributed by atoms with Crippen LogP contribution < -0.4 is 0 Å². The van der Waals surface area contributed by atoms with Crippen molar-refractivity contribution in [2.45, 2.75) is 12.2 Å². The van der Waals surface area contributed by atoms with Gasteiger partial charge in [0.15, 0.2) is 0 Å². The molecule has 1 aromatic rings. The number of rotatable bonds is 2. The van der Waals surface area contributed by atoms with Gasteiger partial charge in [-0.2, -0.15) is 0 Å². The van der Waals surface area contributed by atoms with E-state index >= 15 is 0 Å². The van der Waals surface area contributed by atoms with Gasteiger partial charge in [0.2, 0.25) is 0 Å². The van der Waals surface area contributed by atoms with Crippen LogP contribution in [0, 0.1) is 5.82 Å². The van der Waals surface area contributed by atoms with Gasteiger partial charge in [-0.25, -0.2) is 4.39 Å². The van der Waals surface area contributed by atoms with Gasteiger partial charge >= 0.3 is 0 Å². The highest BCUT2D eigenvalue weighted by Crippen LogP contribution is 2.39. The van der Waals surface area contributed by atoms with Crippen LogP contribution in [0.25, 0.3) is 0 Å². The highest BCUT2D eigenvalue weighted by Gasteiger charge is 2.40. The Hall–Kier alpha value is -0.930. The molecular formula is C9H9FO2. The minimum Gasteiger partial charge on any atom is -0.394 e.